The molecule has 3 rings (SSSR count). The van der Waals surface area contributed by atoms with Crippen LogP contribution in [0.3, 0.4) is 0 Å². The van der Waals surface area contributed by atoms with Gasteiger partial charge in [0.2, 0.25) is 0 Å². The lowest BCUT2D eigenvalue weighted by atomic mass is 9.85. The molecule has 124 valence electrons. The molecule has 2 fully saturated rings. The molecular formula is C15H20N4O4. The van der Waals surface area contributed by atoms with Gasteiger partial charge >= 0.3 is 11.9 Å². The highest BCUT2D eigenvalue weighted by atomic mass is 16.4. The van der Waals surface area contributed by atoms with Crippen LogP contribution in [0.1, 0.15) is 36.2 Å². The number of anilines is 1. The molecule has 0 aromatic carbocycles. The smallest absolute Gasteiger partial charge is 0.356 e. The highest BCUT2D eigenvalue weighted by Crippen LogP contribution is 2.34. The van der Waals surface area contributed by atoms with Gasteiger partial charge in [0.25, 0.3) is 0 Å². The van der Waals surface area contributed by atoms with Gasteiger partial charge in [0.1, 0.15) is 5.82 Å². The Morgan fingerprint density at radius 1 is 1.22 bits per heavy atom. The van der Waals surface area contributed by atoms with Crippen LogP contribution in [0.2, 0.25) is 0 Å². The Kier molecular flexibility index (Phi) is 4.42. The van der Waals surface area contributed by atoms with E-state index >= 15 is 0 Å². The number of rotatable bonds is 8. The van der Waals surface area contributed by atoms with Gasteiger partial charge in [-0.3, -0.25) is 9.69 Å². The second kappa shape index (κ2) is 6.49. The van der Waals surface area contributed by atoms with Gasteiger partial charge in [-0.15, -0.1) is 0 Å². The summed E-state index contributed by atoms with van der Waals surface area (Å²) < 4.78 is 0. The van der Waals surface area contributed by atoms with Crippen molar-refractivity contribution in [1.29, 1.82) is 0 Å². The summed E-state index contributed by atoms with van der Waals surface area (Å²) in [7, 11) is 0. The summed E-state index contributed by atoms with van der Waals surface area (Å²) in [4.78, 5) is 31.6. The molecule has 2 saturated carbocycles. The highest BCUT2D eigenvalue weighted by Gasteiger charge is 2.37. The average Bonchev–Trinajstić information content (AvgIpc) is 3.25. The summed E-state index contributed by atoms with van der Waals surface area (Å²) in [5.74, 6) is -0.671. The minimum Gasteiger partial charge on any atom is -0.480 e. The molecule has 0 radical (unpaired) electrons. The Bertz CT molecular complexity index is 582. The second-order valence-corrected chi connectivity index (χ2v) is 6.33. The zero-order valence-electron chi connectivity index (χ0n) is 12.7. The van der Waals surface area contributed by atoms with E-state index in [1.807, 2.05) is 0 Å². The average molecular weight is 320 g/mol. The van der Waals surface area contributed by atoms with Crippen molar-refractivity contribution in [2.24, 2.45) is 5.92 Å². The molecule has 23 heavy (non-hydrogen) atoms. The quantitative estimate of drug-likeness (QED) is 0.647. The van der Waals surface area contributed by atoms with Gasteiger partial charge in [-0.1, -0.05) is 0 Å². The Labute approximate surface area is 133 Å². The van der Waals surface area contributed by atoms with Crippen molar-refractivity contribution in [3.05, 3.63) is 18.1 Å². The predicted molar refractivity (Wildman–Crippen MR) is 81.4 cm³/mol. The fourth-order valence-electron chi connectivity index (χ4n) is 2.87. The SMILES string of the molecule is O=C(O)CN(CC1CC1)C1CC(Nc2cnc(C(=O)O)cn2)C1. The van der Waals surface area contributed by atoms with E-state index in [0.29, 0.717) is 11.7 Å². The maximum absolute atomic E-state index is 11.0. The van der Waals surface area contributed by atoms with E-state index in [-0.39, 0.29) is 24.3 Å². The van der Waals surface area contributed by atoms with Gasteiger partial charge < -0.3 is 15.5 Å². The zero-order valence-corrected chi connectivity index (χ0v) is 12.7. The molecule has 0 bridgehead atoms. The molecule has 0 aliphatic heterocycles. The van der Waals surface area contributed by atoms with E-state index in [2.05, 4.69) is 20.2 Å². The summed E-state index contributed by atoms with van der Waals surface area (Å²) in [6.45, 7) is 0.970. The van der Waals surface area contributed by atoms with Crippen LogP contribution in [-0.2, 0) is 4.79 Å². The zero-order chi connectivity index (χ0) is 16.4. The lowest BCUT2D eigenvalue weighted by Gasteiger charge is -2.42. The molecule has 0 unspecified atom stereocenters. The normalized spacial score (nSPS) is 23.3. The predicted octanol–water partition coefficient (Wildman–Crippen LogP) is 0.914. The topological polar surface area (TPSA) is 116 Å². The first-order valence-corrected chi connectivity index (χ1v) is 7.79. The third-order valence-electron chi connectivity index (χ3n) is 4.38. The minimum atomic E-state index is -1.10. The number of aromatic nitrogens is 2. The van der Waals surface area contributed by atoms with Crippen LogP contribution in [0.15, 0.2) is 12.4 Å². The van der Waals surface area contributed by atoms with Gasteiger partial charge in [-0.25, -0.2) is 14.8 Å². The number of nitrogens with zero attached hydrogens (tertiary/aromatic N) is 3. The first-order valence-electron chi connectivity index (χ1n) is 7.79. The van der Waals surface area contributed by atoms with Gasteiger partial charge in [-0.05, 0) is 31.6 Å². The number of hydrogen-bond acceptors (Lipinski definition) is 6. The van der Waals surface area contributed by atoms with Crippen molar-refractivity contribution in [2.45, 2.75) is 37.8 Å². The minimum absolute atomic E-state index is 0.0842. The van der Waals surface area contributed by atoms with Crippen molar-refractivity contribution < 1.29 is 19.8 Å². The van der Waals surface area contributed by atoms with Crippen LogP contribution < -0.4 is 5.32 Å². The maximum atomic E-state index is 11.0. The first-order chi connectivity index (χ1) is 11.0. The molecule has 0 atom stereocenters. The lowest BCUT2D eigenvalue weighted by Crippen LogP contribution is -2.52. The molecule has 0 amide bonds. The fourth-order valence-corrected chi connectivity index (χ4v) is 2.87. The van der Waals surface area contributed by atoms with E-state index in [0.717, 1.165) is 19.4 Å². The number of nitrogens with one attached hydrogen (secondary N) is 1. The molecule has 2 aliphatic rings. The molecule has 0 saturated heterocycles. The van der Waals surface area contributed by atoms with E-state index in [9.17, 15) is 9.59 Å². The molecule has 8 heteroatoms. The molecular weight excluding hydrogens is 300 g/mol. The highest BCUT2D eigenvalue weighted by molar-refractivity contribution is 5.84. The first kappa shape index (κ1) is 15.7. The molecule has 2 aliphatic carbocycles. The Morgan fingerprint density at radius 3 is 2.48 bits per heavy atom. The van der Waals surface area contributed by atoms with Crippen LogP contribution in [0.4, 0.5) is 5.82 Å². The van der Waals surface area contributed by atoms with E-state index in [1.54, 1.807) is 0 Å². The number of carboxylic acid groups (broad SMARTS) is 2. The van der Waals surface area contributed by atoms with Crippen LogP contribution in [-0.4, -0.2) is 62.2 Å². The monoisotopic (exact) mass is 320 g/mol. The maximum Gasteiger partial charge on any atom is 0.356 e. The number of hydrogen-bond donors (Lipinski definition) is 3. The summed E-state index contributed by atoms with van der Waals surface area (Å²) >= 11 is 0. The summed E-state index contributed by atoms with van der Waals surface area (Å²) in [5, 5.41) is 21.0. The van der Waals surface area contributed by atoms with Crippen molar-refractivity contribution in [1.82, 2.24) is 14.9 Å². The number of carbonyl (C=O) groups is 2. The van der Waals surface area contributed by atoms with Gasteiger partial charge in [0, 0.05) is 18.6 Å². The summed E-state index contributed by atoms with van der Waals surface area (Å²) in [6.07, 6.45) is 6.78. The van der Waals surface area contributed by atoms with Crippen molar-refractivity contribution in [3.63, 3.8) is 0 Å². The third kappa shape index (κ3) is 4.16. The Morgan fingerprint density at radius 2 is 1.96 bits per heavy atom. The van der Waals surface area contributed by atoms with Gasteiger partial charge in [0.05, 0.1) is 18.9 Å². The molecule has 8 nitrogen and oxygen atoms in total. The van der Waals surface area contributed by atoms with Crippen molar-refractivity contribution in [3.8, 4) is 0 Å². The van der Waals surface area contributed by atoms with Crippen LogP contribution >= 0.6 is 0 Å². The summed E-state index contributed by atoms with van der Waals surface area (Å²) in [5.41, 5.74) is -0.0842. The van der Waals surface area contributed by atoms with E-state index < -0.39 is 11.9 Å². The van der Waals surface area contributed by atoms with Crippen LogP contribution in [0.25, 0.3) is 0 Å². The fraction of sp³-hybridized carbons (Fsp3) is 0.600. The molecule has 1 aromatic heterocycles. The Hall–Kier alpha value is -2.22. The van der Waals surface area contributed by atoms with Crippen molar-refractivity contribution >= 4 is 17.8 Å². The molecule has 3 N–H and O–H groups in total. The molecule has 1 heterocycles. The number of aromatic carboxylic acids is 1. The van der Waals surface area contributed by atoms with Crippen LogP contribution in [0.5, 0.6) is 0 Å². The molecule has 0 spiro atoms. The van der Waals surface area contributed by atoms with Crippen molar-refractivity contribution in [2.75, 3.05) is 18.4 Å². The number of aliphatic carboxylic acids is 1. The van der Waals surface area contributed by atoms with E-state index in [1.165, 1.54) is 25.2 Å². The Balaban J connectivity index is 1.49. The van der Waals surface area contributed by atoms with Gasteiger partial charge in [0.15, 0.2) is 5.69 Å². The summed E-state index contributed by atoms with van der Waals surface area (Å²) in [6, 6.07) is 0.510. The number of carboxylic acids is 2. The van der Waals surface area contributed by atoms with Gasteiger partial charge in [-0.2, -0.15) is 0 Å². The largest absolute Gasteiger partial charge is 0.480 e. The van der Waals surface area contributed by atoms with Crippen LogP contribution in [0, 0.1) is 5.92 Å². The molecule has 1 aromatic rings. The van der Waals surface area contributed by atoms with E-state index in [4.69, 9.17) is 10.2 Å². The lowest BCUT2D eigenvalue weighted by molar-refractivity contribution is -0.139. The second-order valence-electron chi connectivity index (χ2n) is 6.33. The standard InChI is InChI=1S/C15H20N4O4/c20-14(21)8-19(7-9-1-2-9)11-3-10(4-11)18-13-6-16-12(5-17-13)15(22)23/h5-6,9-11H,1-4,7-8H2,(H,17,18)(H,20,21)(H,22,23). The third-order valence-corrected chi connectivity index (χ3v) is 4.38.